The molecule has 1 aliphatic heterocycles. The molecular weight excluding hydrogens is 338 g/mol. The predicted octanol–water partition coefficient (Wildman–Crippen LogP) is 2.44. The van der Waals surface area contributed by atoms with Gasteiger partial charge in [-0.2, -0.15) is 5.26 Å². The molecule has 0 amide bonds. The number of hydrogen-bond acceptors (Lipinski definition) is 7. The van der Waals surface area contributed by atoms with Gasteiger partial charge in [0, 0.05) is 18.4 Å². The molecule has 0 N–H and O–H groups in total. The van der Waals surface area contributed by atoms with Crippen molar-refractivity contribution in [2.24, 2.45) is 11.3 Å². The quantitative estimate of drug-likeness (QED) is 0.420. The smallest absolute Gasteiger partial charge is 0.333 e. The third kappa shape index (κ3) is 3.20. The summed E-state index contributed by atoms with van der Waals surface area (Å²) in [5, 5.41) is 9.67. The van der Waals surface area contributed by atoms with Crippen molar-refractivity contribution in [3.8, 4) is 6.07 Å². The van der Waals surface area contributed by atoms with Crippen LogP contribution in [-0.4, -0.2) is 35.2 Å². The third-order valence-corrected chi connectivity index (χ3v) is 5.65. The number of nitriles is 1. The van der Waals surface area contributed by atoms with Crippen LogP contribution in [0.3, 0.4) is 0 Å². The molecule has 2 aliphatic rings. The second-order valence-corrected chi connectivity index (χ2v) is 8.09. The first-order chi connectivity index (χ1) is 11.9. The average Bonchev–Trinajstić information content (AvgIpc) is 2.86. The molecule has 0 aromatic heterocycles. The lowest BCUT2D eigenvalue weighted by molar-refractivity contribution is -0.196. The zero-order valence-corrected chi connectivity index (χ0v) is 15.9. The molecule has 1 saturated heterocycles. The molecule has 3 atom stereocenters. The van der Waals surface area contributed by atoms with Crippen molar-refractivity contribution in [2.75, 3.05) is 0 Å². The summed E-state index contributed by atoms with van der Waals surface area (Å²) in [5.74, 6) is -1.89. The van der Waals surface area contributed by atoms with Gasteiger partial charge in [-0.15, -0.1) is 0 Å². The Morgan fingerprint density at radius 1 is 1.35 bits per heavy atom. The maximum atomic E-state index is 12.9. The minimum Gasteiger partial charge on any atom is -0.457 e. The Labute approximate surface area is 153 Å². The highest BCUT2D eigenvalue weighted by Crippen LogP contribution is 2.45. The molecule has 0 radical (unpaired) electrons. The van der Waals surface area contributed by atoms with Crippen LogP contribution in [0.25, 0.3) is 0 Å². The Morgan fingerprint density at radius 3 is 2.50 bits per heavy atom. The van der Waals surface area contributed by atoms with E-state index in [0.29, 0.717) is 12.8 Å². The molecule has 2 fully saturated rings. The molecule has 2 rings (SSSR count). The Kier molecular flexibility index (Phi) is 4.93. The second-order valence-electron chi connectivity index (χ2n) is 8.09. The molecule has 142 valence electrons. The molecule has 2 bridgehead atoms. The van der Waals surface area contributed by atoms with Gasteiger partial charge in [-0.1, -0.05) is 6.58 Å². The molecule has 0 aromatic carbocycles. The van der Waals surface area contributed by atoms with E-state index in [1.165, 1.54) is 6.92 Å². The van der Waals surface area contributed by atoms with E-state index in [0.717, 1.165) is 0 Å². The van der Waals surface area contributed by atoms with Crippen molar-refractivity contribution in [3.63, 3.8) is 0 Å². The van der Waals surface area contributed by atoms with Gasteiger partial charge in [0.25, 0.3) is 0 Å². The molecule has 1 heterocycles. The van der Waals surface area contributed by atoms with E-state index in [1.807, 2.05) is 6.07 Å². The Hall–Kier alpha value is -2.36. The van der Waals surface area contributed by atoms with Crippen LogP contribution in [-0.2, 0) is 28.6 Å². The first kappa shape index (κ1) is 20.0. The van der Waals surface area contributed by atoms with Crippen molar-refractivity contribution in [1.29, 1.82) is 5.26 Å². The van der Waals surface area contributed by atoms with Crippen molar-refractivity contribution >= 4 is 17.9 Å². The predicted molar refractivity (Wildman–Crippen MR) is 90.4 cm³/mol. The van der Waals surface area contributed by atoms with E-state index in [1.54, 1.807) is 27.7 Å². The highest BCUT2D eigenvalue weighted by atomic mass is 16.6. The van der Waals surface area contributed by atoms with Gasteiger partial charge in [0.05, 0.1) is 5.92 Å². The van der Waals surface area contributed by atoms with Gasteiger partial charge in [0.1, 0.15) is 17.1 Å². The van der Waals surface area contributed by atoms with Crippen molar-refractivity contribution in [2.45, 2.75) is 71.2 Å². The average molecular weight is 363 g/mol. The molecule has 26 heavy (non-hydrogen) atoms. The number of rotatable bonds is 5. The number of nitrogens with zero attached hydrogens (tertiary/aromatic N) is 1. The van der Waals surface area contributed by atoms with Gasteiger partial charge in [0.15, 0.2) is 6.10 Å². The van der Waals surface area contributed by atoms with E-state index in [2.05, 4.69) is 6.58 Å². The monoisotopic (exact) mass is 363 g/mol. The molecule has 1 aliphatic carbocycles. The van der Waals surface area contributed by atoms with Crippen LogP contribution in [0.1, 0.15) is 53.9 Å². The molecule has 0 spiro atoms. The summed E-state index contributed by atoms with van der Waals surface area (Å²) in [5.41, 5.74) is -3.75. The van der Waals surface area contributed by atoms with Crippen LogP contribution < -0.4 is 0 Å². The van der Waals surface area contributed by atoms with Gasteiger partial charge < -0.3 is 14.2 Å². The van der Waals surface area contributed by atoms with E-state index in [4.69, 9.17) is 14.2 Å². The maximum Gasteiger partial charge on any atom is 0.333 e. The van der Waals surface area contributed by atoms with Crippen LogP contribution in [0.5, 0.6) is 0 Å². The lowest BCUT2D eigenvalue weighted by Gasteiger charge is -2.41. The van der Waals surface area contributed by atoms with E-state index in [9.17, 15) is 19.6 Å². The number of ether oxygens (including phenoxy) is 3. The summed E-state index contributed by atoms with van der Waals surface area (Å²) in [6, 6.07) is 2.04. The molecular formula is C19H25NO6. The maximum absolute atomic E-state index is 12.9. The van der Waals surface area contributed by atoms with Crippen LogP contribution in [0.4, 0.5) is 0 Å². The number of carbonyl (C=O) groups is 3. The largest absolute Gasteiger partial charge is 0.457 e. The van der Waals surface area contributed by atoms with E-state index in [-0.39, 0.29) is 23.9 Å². The number of fused-ring (bicyclic) bond motifs is 2. The van der Waals surface area contributed by atoms with Gasteiger partial charge in [-0.3, -0.25) is 9.59 Å². The fourth-order valence-corrected chi connectivity index (χ4v) is 2.96. The standard InChI is InChI=1S/C19H25NO6/c1-11(2)14(21)25-18(5,6)17(3,4)16(23)26-19(10-20)8-7-12-9-13(19)24-15(12)22/h12-13H,1,7-9H2,2-6H3. The fraction of sp³-hybridized carbons (Fsp3) is 0.684. The first-order valence-electron chi connectivity index (χ1n) is 8.60. The lowest BCUT2D eigenvalue weighted by atomic mass is 9.75. The SMILES string of the molecule is C=C(C)C(=O)OC(C)(C)C(C)(C)C(=O)OC1(C#N)CCC2CC1OC2=O. The van der Waals surface area contributed by atoms with Crippen LogP contribution >= 0.6 is 0 Å². The molecule has 1 saturated carbocycles. The van der Waals surface area contributed by atoms with Crippen LogP contribution in [0, 0.1) is 22.7 Å². The third-order valence-electron chi connectivity index (χ3n) is 5.65. The Balaban J connectivity index is 2.21. The molecule has 7 nitrogen and oxygen atoms in total. The van der Waals surface area contributed by atoms with Gasteiger partial charge in [-0.05, 0) is 41.0 Å². The lowest BCUT2D eigenvalue weighted by Crippen LogP contribution is -2.54. The summed E-state index contributed by atoms with van der Waals surface area (Å²) in [6.45, 7) is 11.4. The first-order valence-corrected chi connectivity index (χ1v) is 8.60. The Morgan fingerprint density at radius 2 is 1.96 bits per heavy atom. The van der Waals surface area contributed by atoms with Gasteiger partial charge in [0.2, 0.25) is 5.60 Å². The summed E-state index contributed by atoms with van der Waals surface area (Å²) in [6.07, 6.45) is 0.275. The Bertz CT molecular complexity index is 701. The van der Waals surface area contributed by atoms with Gasteiger partial charge >= 0.3 is 17.9 Å². The topological polar surface area (TPSA) is 103 Å². The number of carbonyl (C=O) groups excluding carboxylic acids is 3. The summed E-state index contributed by atoms with van der Waals surface area (Å²) in [7, 11) is 0. The van der Waals surface area contributed by atoms with Gasteiger partial charge in [-0.25, -0.2) is 4.79 Å². The van der Waals surface area contributed by atoms with Crippen molar-refractivity contribution in [1.82, 2.24) is 0 Å². The van der Waals surface area contributed by atoms with E-state index >= 15 is 0 Å². The minimum atomic E-state index is -1.51. The minimum absolute atomic E-state index is 0.215. The highest BCUT2D eigenvalue weighted by molar-refractivity contribution is 5.88. The highest BCUT2D eigenvalue weighted by Gasteiger charge is 2.58. The summed E-state index contributed by atoms with van der Waals surface area (Å²) < 4.78 is 16.3. The summed E-state index contributed by atoms with van der Waals surface area (Å²) >= 11 is 0. The van der Waals surface area contributed by atoms with Crippen molar-refractivity contribution in [3.05, 3.63) is 12.2 Å². The normalized spacial score (nSPS) is 27.9. The zero-order valence-electron chi connectivity index (χ0n) is 15.9. The summed E-state index contributed by atoms with van der Waals surface area (Å²) in [4.78, 5) is 36.6. The van der Waals surface area contributed by atoms with Crippen molar-refractivity contribution < 1.29 is 28.6 Å². The molecule has 3 unspecified atom stereocenters. The molecule has 7 heteroatoms. The van der Waals surface area contributed by atoms with E-state index < -0.39 is 34.7 Å². The van der Waals surface area contributed by atoms with Crippen LogP contribution in [0.15, 0.2) is 12.2 Å². The zero-order chi connectivity index (χ0) is 19.9. The van der Waals surface area contributed by atoms with Crippen LogP contribution in [0.2, 0.25) is 0 Å². The number of esters is 3. The molecule has 0 aromatic rings. The number of hydrogen-bond donors (Lipinski definition) is 0. The fourth-order valence-electron chi connectivity index (χ4n) is 2.96. The second kappa shape index (κ2) is 6.42.